The van der Waals surface area contributed by atoms with E-state index in [2.05, 4.69) is 0 Å². The molecule has 0 bridgehead atoms. The van der Waals surface area contributed by atoms with E-state index in [0.29, 0.717) is 5.56 Å². The smallest absolute Gasteiger partial charge is 0.416 e. The van der Waals surface area contributed by atoms with Crippen LogP contribution >= 0.6 is 0 Å². The van der Waals surface area contributed by atoms with E-state index >= 15 is 0 Å². The number of hydrogen-bond acceptors (Lipinski definition) is 5. The van der Waals surface area contributed by atoms with Crippen LogP contribution in [0.5, 0.6) is 5.75 Å². The van der Waals surface area contributed by atoms with Crippen LogP contribution in [0.15, 0.2) is 77.7 Å². The van der Waals surface area contributed by atoms with E-state index in [-0.39, 0.29) is 28.5 Å². The van der Waals surface area contributed by atoms with Crippen LogP contribution in [0.1, 0.15) is 21.5 Å². The number of ether oxygens (including phenoxy) is 1. The van der Waals surface area contributed by atoms with Crippen molar-refractivity contribution < 1.29 is 41.0 Å². The van der Waals surface area contributed by atoms with Crippen LogP contribution in [0.4, 0.5) is 18.9 Å². The molecule has 3 rings (SSSR count). The second-order valence-corrected chi connectivity index (χ2v) is 9.79. The third kappa shape index (κ3) is 7.97. The first-order valence-corrected chi connectivity index (χ1v) is 12.0. The van der Waals surface area contributed by atoms with E-state index in [4.69, 9.17) is 9.84 Å². The zero-order valence-electron chi connectivity index (χ0n) is 20.1. The number of carboxylic acids is 1. The molecule has 0 aromatic heterocycles. The summed E-state index contributed by atoms with van der Waals surface area (Å²) in [5.74, 6) is -1.41. The molecule has 8 nitrogen and oxygen atoms in total. The van der Waals surface area contributed by atoms with Crippen LogP contribution in [-0.4, -0.2) is 51.9 Å². The molecule has 0 atom stereocenters. The van der Waals surface area contributed by atoms with Gasteiger partial charge in [-0.25, -0.2) is 13.2 Å². The monoisotopic (exact) mass is 538 g/mol. The maximum atomic E-state index is 13.2. The Hall–Kier alpha value is -4.06. The fourth-order valence-corrected chi connectivity index (χ4v) is 4.08. The standard InChI is InChI=1S/C22H18F3NO5S.C3H7NO/c1-26(32(29,30)18-5-3-2-4-6-18)19-12-11-17(22(23,24)25)13-20(19)31-14-15-7-9-16(10-8-15)21(27)28;1-4(2)3-5/h2-13H,14H2,1H3,(H,27,28);3H,1-2H3. The van der Waals surface area contributed by atoms with Gasteiger partial charge in [-0.1, -0.05) is 30.3 Å². The van der Waals surface area contributed by atoms with Gasteiger partial charge in [-0.15, -0.1) is 0 Å². The highest BCUT2D eigenvalue weighted by Crippen LogP contribution is 2.38. The topological polar surface area (TPSA) is 104 Å². The third-order valence-electron chi connectivity index (χ3n) is 4.83. The van der Waals surface area contributed by atoms with Gasteiger partial charge in [0.25, 0.3) is 10.0 Å². The van der Waals surface area contributed by atoms with Crippen LogP contribution in [0.25, 0.3) is 0 Å². The highest BCUT2D eigenvalue weighted by atomic mass is 32.2. The number of benzene rings is 3. The Morgan fingerprint density at radius 2 is 1.54 bits per heavy atom. The maximum absolute atomic E-state index is 13.2. The van der Waals surface area contributed by atoms with Gasteiger partial charge in [-0.3, -0.25) is 9.10 Å². The van der Waals surface area contributed by atoms with Crippen LogP contribution < -0.4 is 9.04 Å². The number of nitrogens with zero attached hydrogens (tertiary/aromatic N) is 2. The molecule has 0 spiro atoms. The van der Waals surface area contributed by atoms with Crippen LogP contribution in [0.2, 0.25) is 0 Å². The highest BCUT2D eigenvalue weighted by molar-refractivity contribution is 7.92. The first-order valence-electron chi connectivity index (χ1n) is 10.6. The summed E-state index contributed by atoms with van der Waals surface area (Å²) in [5.41, 5.74) is -0.541. The van der Waals surface area contributed by atoms with Gasteiger partial charge in [0.15, 0.2) is 0 Å². The van der Waals surface area contributed by atoms with Gasteiger partial charge in [0, 0.05) is 21.1 Å². The number of aromatic carboxylic acids is 1. The van der Waals surface area contributed by atoms with Crippen molar-refractivity contribution in [1.82, 2.24) is 4.90 Å². The van der Waals surface area contributed by atoms with Crippen molar-refractivity contribution in [3.05, 3.63) is 89.5 Å². The van der Waals surface area contributed by atoms with Crippen LogP contribution in [0, 0.1) is 0 Å². The molecule has 0 saturated heterocycles. The Labute approximate surface area is 212 Å². The average Bonchev–Trinajstić information content (AvgIpc) is 2.87. The predicted octanol–water partition coefficient (Wildman–Crippen LogP) is 4.51. The van der Waals surface area contributed by atoms with Crippen molar-refractivity contribution in [1.29, 1.82) is 0 Å². The summed E-state index contributed by atoms with van der Waals surface area (Å²) in [6, 6.07) is 15.6. The summed E-state index contributed by atoms with van der Waals surface area (Å²) in [6.45, 7) is -0.201. The van der Waals surface area contributed by atoms with Gasteiger partial charge in [0.1, 0.15) is 12.4 Å². The number of alkyl halides is 3. The number of carboxylic acid groups (broad SMARTS) is 1. The van der Waals surface area contributed by atoms with Crippen molar-refractivity contribution in [3.8, 4) is 5.75 Å². The molecule has 0 aliphatic carbocycles. The number of halogens is 3. The Morgan fingerprint density at radius 1 is 0.973 bits per heavy atom. The lowest BCUT2D eigenvalue weighted by atomic mass is 10.1. The fourth-order valence-electron chi connectivity index (χ4n) is 2.85. The van der Waals surface area contributed by atoms with E-state index in [1.54, 1.807) is 20.2 Å². The Bertz CT molecular complexity index is 1310. The zero-order valence-corrected chi connectivity index (χ0v) is 21.0. The molecule has 3 aromatic rings. The highest BCUT2D eigenvalue weighted by Gasteiger charge is 2.33. The first-order chi connectivity index (χ1) is 17.3. The Morgan fingerprint density at radius 3 is 2.03 bits per heavy atom. The number of rotatable bonds is 8. The number of anilines is 1. The largest absolute Gasteiger partial charge is 0.487 e. The van der Waals surface area contributed by atoms with Gasteiger partial charge < -0.3 is 14.7 Å². The molecule has 1 amide bonds. The number of sulfonamides is 1. The normalized spacial score (nSPS) is 11.1. The van der Waals surface area contributed by atoms with Crippen molar-refractivity contribution in [2.45, 2.75) is 17.7 Å². The third-order valence-corrected chi connectivity index (χ3v) is 6.62. The summed E-state index contributed by atoms with van der Waals surface area (Å²) in [4.78, 5) is 21.8. The molecule has 37 heavy (non-hydrogen) atoms. The molecule has 0 fully saturated rings. The summed E-state index contributed by atoms with van der Waals surface area (Å²) < 4.78 is 72.0. The second-order valence-electron chi connectivity index (χ2n) is 7.83. The lowest BCUT2D eigenvalue weighted by molar-refractivity contribution is -0.137. The van der Waals surface area contributed by atoms with E-state index in [1.165, 1.54) is 60.5 Å². The van der Waals surface area contributed by atoms with Gasteiger partial charge >= 0.3 is 12.1 Å². The molecule has 0 radical (unpaired) electrons. The zero-order chi connectivity index (χ0) is 27.8. The summed E-state index contributed by atoms with van der Waals surface area (Å²) >= 11 is 0. The minimum Gasteiger partial charge on any atom is -0.487 e. The first kappa shape index (κ1) is 29.2. The lowest BCUT2D eigenvalue weighted by Gasteiger charge is -2.23. The maximum Gasteiger partial charge on any atom is 0.416 e. The molecule has 3 aromatic carbocycles. The van der Waals surface area contributed by atoms with Gasteiger partial charge in [0.2, 0.25) is 6.41 Å². The quantitative estimate of drug-likeness (QED) is 0.423. The van der Waals surface area contributed by atoms with Crippen molar-refractivity contribution in [2.24, 2.45) is 0 Å². The molecule has 1 N–H and O–H groups in total. The van der Waals surface area contributed by atoms with Crippen molar-refractivity contribution in [2.75, 3.05) is 25.4 Å². The molecule has 12 heteroatoms. The number of carbonyl (C=O) groups is 2. The average molecular weight is 539 g/mol. The van der Waals surface area contributed by atoms with Gasteiger partial charge in [0.05, 0.1) is 21.7 Å². The molecule has 0 aliphatic rings. The van der Waals surface area contributed by atoms with E-state index in [1.807, 2.05) is 0 Å². The van der Waals surface area contributed by atoms with E-state index in [0.717, 1.165) is 28.9 Å². The number of amides is 1. The molecule has 0 saturated carbocycles. The summed E-state index contributed by atoms with van der Waals surface area (Å²) in [6.07, 6.45) is -3.91. The Kier molecular flexibility index (Phi) is 9.67. The number of carbonyl (C=O) groups excluding carboxylic acids is 1. The minimum absolute atomic E-state index is 0.0300. The van der Waals surface area contributed by atoms with E-state index in [9.17, 15) is 31.2 Å². The fraction of sp³-hybridized carbons (Fsp3) is 0.200. The molecule has 0 aliphatic heterocycles. The molecular weight excluding hydrogens is 513 g/mol. The Balaban J connectivity index is 0.000000877. The van der Waals surface area contributed by atoms with Gasteiger partial charge in [-0.05, 0) is 48.0 Å². The molecule has 0 heterocycles. The van der Waals surface area contributed by atoms with Crippen LogP contribution in [0.3, 0.4) is 0 Å². The predicted molar refractivity (Wildman–Crippen MR) is 131 cm³/mol. The summed E-state index contributed by atoms with van der Waals surface area (Å²) in [7, 11) is 0.543. The van der Waals surface area contributed by atoms with Crippen molar-refractivity contribution >= 4 is 28.1 Å². The molecular formula is C25H25F3N2O6S. The summed E-state index contributed by atoms with van der Waals surface area (Å²) in [5, 5.41) is 8.96. The number of hydrogen-bond donors (Lipinski definition) is 1. The van der Waals surface area contributed by atoms with E-state index < -0.39 is 27.7 Å². The minimum atomic E-state index is -4.66. The molecule has 0 unspecified atom stereocenters. The van der Waals surface area contributed by atoms with Gasteiger partial charge in [-0.2, -0.15) is 13.2 Å². The lowest BCUT2D eigenvalue weighted by Crippen LogP contribution is -2.27. The van der Waals surface area contributed by atoms with Crippen LogP contribution in [-0.2, 0) is 27.6 Å². The SMILES string of the molecule is CN(C)C=O.CN(c1ccc(C(F)(F)F)cc1OCc1ccc(C(=O)O)cc1)S(=O)(=O)c1ccccc1. The van der Waals surface area contributed by atoms with Crippen molar-refractivity contribution in [3.63, 3.8) is 0 Å². The second kappa shape index (κ2) is 12.3. The molecule has 198 valence electrons.